The molecular formula is C19H23FN4O2. The summed E-state index contributed by atoms with van der Waals surface area (Å²) in [5.41, 5.74) is 1.17. The zero-order valence-corrected chi connectivity index (χ0v) is 15.1. The maximum Gasteiger partial charge on any atom is 0.269 e. The fourth-order valence-corrected chi connectivity index (χ4v) is 3.30. The molecule has 0 N–H and O–H groups in total. The van der Waals surface area contributed by atoms with Crippen LogP contribution in [0.2, 0.25) is 0 Å². The molecule has 1 aliphatic rings. The van der Waals surface area contributed by atoms with Gasteiger partial charge < -0.3 is 9.80 Å². The summed E-state index contributed by atoms with van der Waals surface area (Å²) in [5.74, 6) is -0.483. The molecule has 138 valence electrons. The summed E-state index contributed by atoms with van der Waals surface area (Å²) in [4.78, 5) is 28.6. The molecule has 7 heteroatoms. The summed E-state index contributed by atoms with van der Waals surface area (Å²) in [6.07, 6.45) is 4.24. The van der Waals surface area contributed by atoms with Gasteiger partial charge in [0.15, 0.2) is 0 Å². The Morgan fingerprint density at radius 3 is 2.81 bits per heavy atom. The average molecular weight is 358 g/mol. The maximum absolute atomic E-state index is 13.6. The van der Waals surface area contributed by atoms with Crippen molar-refractivity contribution < 1.29 is 9.18 Å². The topological polar surface area (TPSA) is 58.4 Å². The van der Waals surface area contributed by atoms with E-state index in [1.54, 1.807) is 22.1 Å². The van der Waals surface area contributed by atoms with Gasteiger partial charge in [-0.2, -0.15) is 5.10 Å². The average Bonchev–Trinajstić information content (AvgIpc) is 2.63. The van der Waals surface area contributed by atoms with Crippen molar-refractivity contribution in [1.29, 1.82) is 0 Å². The minimum Gasteiger partial charge on any atom is -0.376 e. The van der Waals surface area contributed by atoms with E-state index in [9.17, 15) is 14.0 Å². The largest absolute Gasteiger partial charge is 0.376 e. The van der Waals surface area contributed by atoms with E-state index in [1.807, 2.05) is 20.2 Å². The Hall–Kier alpha value is -2.70. The number of hydrogen-bond acceptors (Lipinski definition) is 4. The third kappa shape index (κ3) is 3.92. The summed E-state index contributed by atoms with van der Waals surface area (Å²) >= 11 is 0. The third-order valence-electron chi connectivity index (χ3n) is 4.71. The molecular weight excluding hydrogens is 335 g/mol. The first-order valence-electron chi connectivity index (χ1n) is 8.75. The Morgan fingerprint density at radius 1 is 1.31 bits per heavy atom. The molecule has 3 rings (SSSR count). The second kappa shape index (κ2) is 7.68. The van der Waals surface area contributed by atoms with E-state index in [0.29, 0.717) is 12.2 Å². The first kappa shape index (κ1) is 18.1. The summed E-state index contributed by atoms with van der Waals surface area (Å²) in [6, 6.07) is 7.68. The molecule has 0 saturated carbocycles. The van der Waals surface area contributed by atoms with Gasteiger partial charge in [-0.15, -0.1) is 0 Å². The summed E-state index contributed by atoms with van der Waals surface area (Å²) < 4.78 is 14.8. The summed E-state index contributed by atoms with van der Waals surface area (Å²) in [5, 5.41) is 4.10. The number of rotatable bonds is 4. The highest BCUT2D eigenvalue weighted by Crippen LogP contribution is 2.31. The molecule has 0 radical (unpaired) electrons. The Bertz CT molecular complexity index is 849. The SMILES string of the molecule is CN(C)c1cnn(CC(=O)N2CCCC[C@@H]2c2cccc(F)c2)c(=O)c1. The Morgan fingerprint density at radius 2 is 2.12 bits per heavy atom. The zero-order valence-electron chi connectivity index (χ0n) is 15.1. The van der Waals surface area contributed by atoms with E-state index >= 15 is 0 Å². The molecule has 26 heavy (non-hydrogen) atoms. The Balaban J connectivity index is 1.80. The standard InChI is InChI=1S/C19H23FN4O2/c1-22(2)16-11-18(25)24(21-12-16)13-19(26)23-9-4-3-8-17(23)14-6-5-7-15(20)10-14/h5-7,10-12,17H,3-4,8-9,13H2,1-2H3/t17-/m1/s1. The molecule has 0 bridgehead atoms. The maximum atomic E-state index is 13.6. The molecule has 2 aromatic rings. The minimum absolute atomic E-state index is 0.113. The van der Waals surface area contributed by atoms with E-state index in [2.05, 4.69) is 5.10 Å². The normalized spacial score (nSPS) is 17.2. The van der Waals surface area contributed by atoms with Crippen LogP contribution in [0.1, 0.15) is 30.9 Å². The highest BCUT2D eigenvalue weighted by molar-refractivity contribution is 5.76. The fourth-order valence-electron chi connectivity index (χ4n) is 3.30. The number of benzene rings is 1. The molecule has 1 atom stereocenters. The molecule has 1 aliphatic heterocycles. The Kier molecular flexibility index (Phi) is 5.35. The summed E-state index contributed by atoms with van der Waals surface area (Å²) in [7, 11) is 3.65. The van der Waals surface area contributed by atoms with Crippen LogP contribution >= 0.6 is 0 Å². The summed E-state index contributed by atoms with van der Waals surface area (Å²) in [6.45, 7) is 0.489. The number of anilines is 1. The van der Waals surface area contributed by atoms with Crippen LogP contribution in [0.4, 0.5) is 10.1 Å². The van der Waals surface area contributed by atoms with Crippen LogP contribution in [0.15, 0.2) is 41.3 Å². The van der Waals surface area contributed by atoms with E-state index in [4.69, 9.17) is 0 Å². The minimum atomic E-state index is -0.316. The molecule has 1 aromatic carbocycles. The van der Waals surface area contributed by atoms with Gasteiger partial charge in [0.05, 0.1) is 17.9 Å². The van der Waals surface area contributed by atoms with Gasteiger partial charge in [-0.3, -0.25) is 9.59 Å². The van der Waals surface area contributed by atoms with Crippen LogP contribution in [0.5, 0.6) is 0 Å². The number of nitrogens with zero attached hydrogens (tertiary/aromatic N) is 4. The Labute approximate surface area is 151 Å². The van der Waals surface area contributed by atoms with Crippen molar-refractivity contribution in [3.05, 3.63) is 58.3 Å². The molecule has 1 fully saturated rings. The van der Waals surface area contributed by atoms with Crippen molar-refractivity contribution in [1.82, 2.24) is 14.7 Å². The number of piperidine rings is 1. The lowest BCUT2D eigenvalue weighted by molar-refractivity contribution is -0.136. The highest BCUT2D eigenvalue weighted by Gasteiger charge is 2.28. The lowest BCUT2D eigenvalue weighted by Crippen LogP contribution is -2.42. The predicted molar refractivity (Wildman–Crippen MR) is 97.5 cm³/mol. The smallest absolute Gasteiger partial charge is 0.269 e. The van der Waals surface area contributed by atoms with E-state index in [1.165, 1.54) is 22.9 Å². The molecule has 0 aliphatic carbocycles. The zero-order chi connectivity index (χ0) is 18.7. The van der Waals surface area contributed by atoms with Crippen molar-refractivity contribution in [2.75, 3.05) is 25.5 Å². The van der Waals surface area contributed by atoms with Crippen LogP contribution in [-0.2, 0) is 11.3 Å². The van der Waals surface area contributed by atoms with Crippen LogP contribution in [0.3, 0.4) is 0 Å². The molecule has 0 spiro atoms. The van der Waals surface area contributed by atoms with Crippen molar-refractivity contribution in [2.24, 2.45) is 0 Å². The quantitative estimate of drug-likeness (QED) is 0.841. The van der Waals surface area contributed by atoms with Gasteiger partial charge in [-0.05, 0) is 37.0 Å². The first-order chi connectivity index (χ1) is 12.5. The van der Waals surface area contributed by atoms with Gasteiger partial charge in [0, 0.05) is 26.7 Å². The van der Waals surface area contributed by atoms with Crippen LogP contribution in [0, 0.1) is 5.82 Å². The van der Waals surface area contributed by atoms with Gasteiger partial charge in [0.2, 0.25) is 5.91 Å². The van der Waals surface area contributed by atoms with E-state index in [-0.39, 0.29) is 29.9 Å². The highest BCUT2D eigenvalue weighted by atomic mass is 19.1. The second-order valence-electron chi connectivity index (χ2n) is 6.76. The van der Waals surface area contributed by atoms with Gasteiger partial charge in [0.25, 0.3) is 5.56 Å². The number of carbonyl (C=O) groups is 1. The molecule has 1 aromatic heterocycles. The molecule has 1 amide bonds. The van der Waals surface area contributed by atoms with Gasteiger partial charge in [-0.25, -0.2) is 9.07 Å². The number of carbonyl (C=O) groups excluding carboxylic acids is 1. The molecule has 1 saturated heterocycles. The van der Waals surface area contributed by atoms with Crippen molar-refractivity contribution in [3.63, 3.8) is 0 Å². The monoisotopic (exact) mass is 358 g/mol. The van der Waals surface area contributed by atoms with Crippen LogP contribution < -0.4 is 10.5 Å². The molecule has 6 nitrogen and oxygen atoms in total. The van der Waals surface area contributed by atoms with Crippen molar-refractivity contribution >= 4 is 11.6 Å². The fraction of sp³-hybridized carbons (Fsp3) is 0.421. The van der Waals surface area contributed by atoms with Crippen molar-refractivity contribution in [3.8, 4) is 0 Å². The molecule has 2 heterocycles. The molecule has 0 unspecified atom stereocenters. The number of aromatic nitrogens is 2. The first-order valence-corrected chi connectivity index (χ1v) is 8.75. The van der Waals surface area contributed by atoms with Crippen molar-refractivity contribution in [2.45, 2.75) is 31.8 Å². The second-order valence-corrected chi connectivity index (χ2v) is 6.76. The van der Waals surface area contributed by atoms with Gasteiger partial charge >= 0.3 is 0 Å². The van der Waals surface area contributed by atoms with Crippen LogP contribution in [0.25, 0.3) is 0 Å². The number of likely N-dealkylation sites (tertiary alicyclic amines) is 1. The lowest BCUT2D eigenvalue weighted by atomic mass is 9.95. The van der Waals surface area contributed by atoms with E-state index < -0.39 is 0 Å². The lowest BCUT2D eigenvalue weighted by Gasteiger charge is -2.36. The number of halogens is 1. The van der Waals surface area contributed by atoms with Gasteiger partial charge in [0.1, 0.15) is 12.4 Å². The van der Waals surface area contributed by atoms with Crippen LogP contribution in [-0.4, -0.2) is 41.2 Å². The number of amides is 1. The van der Waals surface area contributed by atoms with Gasteiger partial charge in [-0.1, -0.05) is 12.1 Å². The third-order valence-corrected chi connectivity index (χ3v) is 4.71. The predicted octanol–water partition coefficient (Wildman–Crippen LogP) is 2.20. The number of hydrogen-bond donors (Lipinski definition) is 0. The van der Waals surface area contributed by atoms with E-state index in [0.717, 1.165) is 24.8 Å².